The molecule has 0 aromatic rings. The molecule has 2 unspecified atom stereocenters. The summed E-state index contributed by atoms with van der Waals surface area (Å²) in [6, 6.07) is -0.558. The van der Waals surface area contributed by atoms with Crippen molar-refractivity contribution in [1.82, 2.24) is 5.32 Å². The van der Waals surface area contributed by atoms with Gasteiger partial charge in [0.1, 0.15) is 0 Å². The molecule has 2 atom stereocenters. The lowest BCUT2D eigenvalue weighted by Gasteiger charge is -2.22. The van der Waals surface area contributed by atoms with Crippen LogP contribution in [0.3, 0.4) is 0 Å². The van der Waals surface area contributed by atoms with Crippen LogP contribution in [0, 0.1) is 0 Å². The van der Waals surface area contributed by atoms with E-state index in [-0.39, 0.29) is 18.5 Å². The topological polar surface area (TPSA) is 95.9 Å². The number of allylic oxidation sites excluding steroid dienone is 2. The third kappa shape index (κ3) is 42.2. The molecule has 6 nitrogen and oxygen atoms in total. The minimum Gasteiger partial charge on any atom is -0.466 e. The molecule has 0 heterocycles. The molecule has 0 aliphatic carbocycles. The standard InChI is InChI=1S/C50H97NO5/c1-3-5-7-9-11-13-15-16-17-18-21-24-28-32-36-40-44-50(55)56-45-41-37-33-29-25-22-19-20-23-27-31-35-39-43-49(54)51-47(46-52)48(53)42-38-34-30-26-14-12-10-8-6-4-2/h20,23,47-48,52-53H,3-19,21-22,24-46H2,1-2H3,(H,51,54)/b23-20-. The van der Waals surface area contributed by atoms with E-state index in [1.165, 1.54) is 167 Å². The van der Waals surface area contributed by atoms with Crippen molar-refractivity contribution in [1.29, 1.82) is 0 Å². The van der Waals surface area contributed by atoms with Gasteiger partial charge in [-0.1, -0.05) is 219 Å². The zero-order valence-electron chi connectivity index (χ0n) is 37.6. The van der Waals surface area contributed by atoms with E-state index in [2.05, 4.69) is 31.3 Å². The van der Waals surface area contributed by atoms with Crippen LogP contribution in [0.15, 0.2) is 12.2 Å². The molecule has 0 rings (SSSR count). The van der Waals surface area contributed by atoms with Gasteiger partial charge in [0.2, 0.25) is 5.91 Å². The summed E-state index contributed by atoms with van der Waals surface area (Å²) in [5.74, 6) is -0.0757. The Morgan fingerprint density at radius 1 is 0.482 bits per heavy atom. The summed E-state index contributed by atoms with van der Waals surface area (Å²) in [6.45, 7) is 4.90. The van der Waals surface area contributed by atoms with E-state index in [1.807, 2.05) is 0 Å². The molecular weight excluding hydrogens is 695 g/mol. The van der Waals surface area contributed by atoms with Gasteiger partial charge in [0.25, 0.3) is 0 Å². The Morgan fingerprint density at radius 3 is 1.29 bits per heavy atom. The summed E-state index contributed by atoms with van der Waals surface area (Å²) in [5, 5.41) is 23.1. The van der Waals surface area contributed by atoms with Crippen LogP contribution in [0.25, 0.3) is 0 Å². The van der Waals surface area contributed by atoms with Crippen molar-refractivity contribution < 1.29 is 24.5 Å². The fourth-order valence-corrected chi connectivity index (χ4v) is 7.69. The number of hydrogen-bond acceptors (Lipinski definition) is 5. The monoisotopic (exact) mass is 792 g/mol. The number of carbonyl (C=O) groups excluding carboxylic acids is 2. The third-order valence-corrected chi connectivity index (χ3v) is 11.6. The number of nitrogens with one attached hydrogen (secondary N) is 1. The summed E-state index contributed by atoms with van der Waals surface area (Å²) in [7, 11) is 0. The highest BCUT2D eigenvalue weighted by Crippen LogP contribution is 2.16. The first kappa shape index (κ1) is 54.6. The lowest BCUT2D eigenvalue weighted by molar-refractivity contribution is -0.143. The third-order valence-electron chi connectivity index (χ3n) is 11.6. The van der Waals surface area contributed by atoms with Crippen LogP contribution in [0.2, 0.25) is 0 Å². The van der Waals surface area contributed by atoms with Crippen LogP contribution >= 0.6 is 0 Å². The second-order valence-electron chi connectivity index (χ2n) is 17.1. The first-order chi connectivity index (χ1) is 27.5. The van der Waals surface area contributed by atoms with Crippen LogP contribution in [0.4, 0.5) is 0 Å². The fraction of sp³-hybridized carbons (Fsp3) is 0.920. The maximum atomic E-state index is 12.4. The van der Waals surface area contributed by atoms with Crippen LogP contribution in [-0.4, -0.2) is 47.4 Å². The highest BCUT2D eigenvalue weighted by Gasteiger charge is 2.20. The number of ether oxygens (including phenoxy) is 1. The van der Waals surface area contributed by atoms with Gasteiger partial charge in [-0.2, -0.15) is 0 Å². The number of rotatable bonds is 46. The van der Waals surface area contributed by atoms with Crippen LogP contribution < -0.4 is 5.32 Å². The zero-order valence-corrected chi connectivity index (χ0v) is 37.6. The van der Waals surface area contributed by atoms with E-state index in [1.54, 1.807) is 0 Å². The van der Waals surface area contributed by atoms with Gasteiger partial charge in [-0.3, -0.25) is 9.59 Å². The molecule has 3 N–H and O–H groups in total. The van der Waals surface area contributed by atoms with Crippen molar-refractivity contribution in [2.75, 3.05) is 13.2 Å². The van der Waals surface area contributed by atoms with E-state index >= 15 is 0 Å². The van der Waals surface area contributed by atoms with Crippen molar-refractivity contribution in [2.45, 2.75) is 283 Å². The summed E-state index contributed by atoms with van der Waals surface area (Å²) in [6.07, 6.45) is 51.8. The lowest BCUT2D eigenvalue weighted by Crippen LogP contribution is -2.45. The Hall–Kier alpha value is -1.40. The number of aliphatic hydroxyl groups is 2. The van der Waals surface area contributed by atoms with Crippen LogP contribution in [0.5, 0.6) is 0 Å². The van der Waals surface area contributed by atoms with Gasteiger partial charge in [-0.05, 0) is 51.4 Å². The van der Waals surface area contributed by atoms with Gasteiger partial charge < -0.3 is 20.3 Å². The van der Waals surface area contributed by atoms with Gasteiger partial charge in [-0.15, -0.1) is 0 Å². The summed E-state index contributed by atoms with van der Waals surface area (Å²) < 4.78 is 5.46. The van der Waals surface area contributed by atoms with Gasteiger partial charge in [0, 0.05) is 12.8 Å². The van der Waals surface area contributed by atoms with Gasteiger partial charge in [0.15, 0.2) is 0 Å². The molecule has 0 saturated carbocycles. The molecule has 0 aromatic heterocycles. The molecule has 0 aliphatic heterocycles. The van der Waals surface area contributed by atoms with Crippen molar-refractivity contribution in [3.05, 3.63) is 12.2 Å². The number of carbonyl (C=O) groups is 2. The molecule has 0 spiro atoms. The Balaban J connectivity index is 3.46. The summed E-state index contributed by atoms with van der Waals surface area (Å²) in [5.41, 5.74) is 0. The maximum absolute atomic E-state index is 12.4. The molecule has 1 amide bonds. The molecule has 0 saturated heterocycles. The summed E-state index contributed by atoms with van der Waals surface area (Å²) >= 11 is 0. The Morgan fingerprint density at radius 2 is 0.839 bits per heavy atom. The van der Waals surface area contributed by atoms with Crippen molar-refractivity contribution in [3.63, 3.8) is 0 Å². The number of unbranched alkanes of at least 4 members (excludes halogenated alkanes) is 33. The molecule has 56 heavy (non-hydrogen) atoms. The zero-order chi connectivity index (χ0) is 40.8. The quantitative estimate of drug-likeness (QED) is 0.0324. The van der Waals surface area contributed by atoms with E-state index in [4.69, 9.17) is 4.74 Å². The lowest BCUT2D eigenvalue weighted by atomic mass is 10.0. The highest BCUT2D eigenvalue weighted by molar-refractivity contribution is 5.76. The maximum Gasteiger partial charge on any atom is 0.305 e. The second-order valence-corrected chi connectivity index (χ2v) is 17.1. The minimum atomic E-state index is -0.678. The first-order valence-corrected chi connectivity index (χ1v) is 24.9. The Kier molecular flexibility index (Phi) is 45.1. The normalized spacial score (nSPS) is 12.7. The molecule has 0 radical (unpaired) electrons. The van der Waals surface area contributed by atoms with E-state index < -0.39 is 12.1 Å². The second kappa shape index (κ2) is 46.3. The summed E-state index contributed by atoms with van der Waals surface area (Å²) in [4.78, 5) is 24.4. The van der Waals surface area contributed by atoms with E-state index in [0.29, 0.717) is 25.9 Å². The number of hydrogen-bond donors (Lipinski definition) is 3. The number of amides is 1. The average Bonchev–Trinajstić information content (AvgIpc) is 3.20. The smallest absolute Gasteiger partial charge is 0.305 e. The number of aliphatic hydroxyl groups excluding tert-OH is 2. The van der Waals surface area contributed by atoms with Gasteiger partial charge in [-0.25, -0.2) is 0 Å². The Bertz CT molecular complexity index is 832. The first-order valence-electron chi connectivity index (χ1n) is 24.9. The predicted octanol–water partition coefficient (Wildman–Crippen LogP) is 14.6. The largest absolute Gasteiger partial charge is 0.466 e. The van der Waals surface area contributed by atoms with Gasteiger partial charge >= 0.3 is 5.97 Å². The number of esters is 1. The predicted molar refractivity (Wildman–Crippen MR) is 241 cm³/mol. The molecular formula is C50H97NO5. The molecule has 0 aromatic carbocycles. The van der Waals surface area contributed by atoms with Crippen molar-refractivity contribution >= 4 is 11.9 Å². The molecule has 0 fully saturated rings. The average molecular weight is 792 g/mol. The van der Waals surface area contributed by atoms with Crippen molar-refractivity contribution in [3.8, 4) is 0 Å². The van der Waals surface area contributed by atoms with E-state index in [0.717, 1.165) is 70.6 Å². The van der Waals surface area contributed by atoms with Crippen molar-refractivity contribution in [2.24, 2.45) is 0 Å². The molecule has 6 heteroatoms. The SMILES string of the molecule is CCCCCCCCCCCCCCCCCCC(=O)OCCCCCCCC/C=C\CCCCCC(=O)NC(CO)C(O)CCCCCCCCCCCC. The van der Waals surface area contributed by atoms with Gasteiger partial charge in [0.05, 0.1) is 25.4 Å². The molecule has 0 bridgehead atoms. The fourth-order valence-electron chi connectivity index (χ4n) is 7.69. The Labute approximate surface area is 349 Å². The van der Waals surface area contributed by atoms with E-state index in [9.17, 15) is 19.8 Å². The highest BCUT2D eigenvalue weighted by atomic mass is 16.5. The van der Waals surface area contributed by atoms with Crippen LogP contribution in [-0.2, 0) is 14.3 Å². The minimum absolute atomic E-state index is 0.00945. The van der Waals surface area contributed by atoms with Crippen LogP contribution in [0.1, 0.15) is 271 Å². The molecule has 332 valence electrons. The molecule has 0 aliphatic rings.